The lowest BCUT2D eigenvalue weighted by atomic mass is 10.3. The Bertz CT molecular complexity index is 702. The maximum atomic E-state index is 12.8. The van der Waals surface area contributed by atoms with Crippen LogP contribution in [0.25, 0.3) is 5.69 Å². The van der Waals surface area contributed by atoms with Gasteiger partial charge in [0.1, 0.15) is 17.3 Å². The minimum Gasteiger partial charge on any atom is -0.457 e. The maximum Gasteiger partial charge on any atom is 0.127 e. The minimum absolute atomic E-state index is 0.276. The third kappa shape index (κ3) is 2.69. The fourth-order valence-corrected chi connectivity index (χ4v) is 1.86. The van der Waals surface area contributed by atoms with Gasteiger partial charge in [-0.15, -0.1) is 0 Å². The van der Waals surface area contributed by atoms with E-state index in [9.17, 15) is 4.39 Å². The Morgan fingerprint density at radius 2 is 1.50 bits per heavy atom. The van der Waals surface area contributed by atoms with Crippen LogP contribution in [0.15, 0.2) is 60.8 Å². The van der Waals surface area contributed by atoms with Gasteiger partial charge in [0, 0.05) is 6.20 Å². The second-order valence-corrected chi connectivity index (χ2v) is 4.45. The van der Waals surface area contributed by atoms with Gasteiger partial charge in [-0.25, -0.2) is 9.07 Å². The first kappa shape index (κ1) is 12.4. The van der Waals surface area contributed by atoms with Gasteiger partial charge < -0.3 is 4.74 Å². The summed E-state index contributed by atoms with van der Waals surface area (Å²) in [5.74, 6) is 1.03. The van der Waals surface area contributed by atoms with Crippen LogP contribution < -0.4 is 4.74 Å². The van der Waals surface area contributed by atoms with Crippen LogP contribution >= 0.6 is 0 Å². The van der Waals surface area contributed by atoms with Crippen molar-refractivity contribution in [2.75, 3.05) is 0 Å². The number of aryl methyl sites for hydroxylation is 1. The van der Waals surface area contributed by atoms with Crippen LogP contribution in [-0.2, 0) is 0 Å². The predicted molar refractivity (Wildman–Crippen MR) is 74.8 cm³/mol. The Balaban J connectivity index is 1.77. The van der Waals surface area contributed by atoms with E-state index in [4.69, 9.17) is 4.74 Å². The molecule has 0 aliphatic rings. The molecule has 0 saturated heterocycles. The predicted octanol–water partition coefficient (Wildman–Crippen LogP) is 4.11. The van der Waals surface area contributed by atoms with Crippen molar-refractivity contribution in [3.63, 3.8) is 0 Å². The van der Waals surface area contributed by atoms with Crippen LogP contribution in [0.5, 0.6) is 11.5 Å². The average molecular weight is 268 g/mol. The van der Waals surface area contributed by atoms with Crippen molar-refractivity contribution in [3.8, 4) is 17.2 Å². The summed E-state index contributed by atoms with van der Waals surface area (Å²) in [7, 11) is 0. The molecule has 0 atom stereocenters. The smallest absolute Gasteiger partial charge is 0.127 e. The van der Waals surface area contributed by atoms with Crippen molar-refractivity contribution in [1.82, 2.24) is 9.78 Å². The highest BCUT2D eigenvalue weighted by atomic mass is 19.1. The highest BCUT2D eigenvalue weighted by Gasteiger charge is 2.01. The molecule has 0 bridgehead atoms. The third-order valence-electron chi connectivity index (χ3n) is 2.87. The van der Waals surface area contributed by atoms with E-state index in [2.05, 4.69) is 5.10 Å². The number of halogens is 1. The molecule has 1 heterocycles. The maximum absolute atomic E-state index is 12.8. The lowest BCUT2D eigenvalue weighted by molar-refractivity contribution is 0.480. The first-order chi connectivity index (χ1) is 9.70. The van der Waals surface area contributed by atoms with Gasteiger partial charge in [0.15, 0.2) is 0 Å². The summed E-state index contributed by atoms with van der Waals surface area (Å²) in [6.45, 7) is 1.95. The van der Waals surface area contributed by atoms with E-state index in [0.29, 0.717) is 11.5 Å². The topological polar surface area (TPSA) is 27.1 Å². The van der Waals surface area contributed by atoms with Gasteiger partial charge in [-0.05, 0) is 61.5 Å². The molecule has 0 radical (unpaired) electrons. The average Bonchev–Trinajstić information content (AvgIpc) is 2.89. The minimum atomic E-state index is -0.276. The summed E-state index contributed by atoms with van der Waals surface area (Å²) in [6, 6.07) is 15.4. The standard InChI is InChI=1S/C16H13FN2O/c1-12-10-11-19(18-12)14-4-8-16(9-5-14)20-15-6-2-13(17)3-7-15/h2-11H,1H3. The number of nitrogens with zero attached hydrogens (tertiary/aromatic N) is 2. The SMILES string of the molecule is Cc1ccn(-c2ccc(Oc3ccc(F)cc3)cc2)n1. The molecule has 0 N–H and O–H groups in total. The molecule has 100 valence electrons. The first-order valence-corrected chi connectivity index (χ1v) is 6.27. The molecule has 1 aromatic heterocycles. The van der Waals surface area contributed by atoms with E-state index < -0.39 is 0 Å². The van der Waals surface area contributed by atoms with Gasteiger partial charge >= 0.3 is 0 Å². The number of benzene rings is 2. The van der Waals surface area contributed by atoms with Crippen LogP contribution in [-0.4, -0.2) is 9.78 Å². The normalized spacial score (nSPS) is 10.5. The summed E-state index contributed by atoms with van der Waals surface area (Å²) in [4.78, 5) is 0. The zero-order chi connectivity index (χ0) is 13.9. The van der Waals surface area contributed by atoms with Crippen molar-refractivity contribution in [1.29, 1.82) is 0 Å². The summed E-state index contributed by atoms with van der Waals surface area (Å²) in [6.07, 6.45) is 1.91. The molecule has 0 amide bonds. The van der Waals surface area contributed by atoms with E-state index >= 15 is 0 Å². The van der Waals surface area contributed by atoms with Gasteiger partial charge in [0.25, 0.3) is 0 Å². The summed E-state index contributed by atoms with van der Waals surface area (Å²) in [5.41, 5.74) is 1.93. The lowest BCUT2D eigenvalue weighted by Crippen LogP contribution is -1.94. The van der Waals surface area contributed by atoms with Gasteiger partial charge in [0.2, 0.25) is 0 Å². The fourth-order valence-electron chi connectivity index (χ4n) is 1.86. The molecule has 0 unspecified atom stereocenters. The van der Waals surface area contributed by atoms with Gasteiger partial charge in [-0.2, -0.15) is 5.10 Å². The Morgan fingerprint density at radius 1 is 0.900 bits per heavy atom. The van der Waals surface area contributed by atoms with Gasteiger partial charge in [-0.1, -0.05) is 0 Å². The summed E-state index contributed by atoms with van der Waals surface area (Å²) >= 11 is 0. The Kier molecular flexibility index (Phi) is 3.21. The zero-order valence-corrected chi connectivity index (χ0v) is 11.0. The van der Waals surface area contributed by atoms with E-state index in [-0.39, 0.29) is 5.82 Å². The van der Waals surface area contributed by atoms with Crippen molar-refractivity contribution in [2.45, 2.75) is 6.92 Å². The largest absolute Gasteiger partial charge is 0.457 e. The number of hydrogen-bond donors (Lipinski definition) is 0. The second-order valence-electron chi connectivity index (χ2n) is 4.45. The highest BCUT2D eigenvalue weighted by Crippen LogP contribution is 2.22. The quantitative estimate of drug-likeness (QED) is 0.714. The van der Waals surface area contributed by atoms with Crippen molar-refractivity contribution >= 4 is 0 Å². The molecule has 3 nitrogen and oxygen atoms in total. The molecule has 0 aliphatic heterocycles. The van der Waals surface area contributed by atoms with Crippen LogP contribution in [0.1, 0.15) is 5.69 Å². The molecule has 0 aliphatic carbocycles. The Hall–Kier alpha value is -2.62. The molecule has 4 heteroatoms. The summed E-state index contributed by atoms with van der Waals surface area (Å²) < 4.78 is 20.2. The van der Waals surface area contributed by atoms with Crippen molar-refractivity contribution < 1.29 is 9.13 Å². The van der Waals surface area contributed by atoms with Crippen LogP contribution in [0.3, 0.4) is 0 Å². The number of aromatic nitrogens is 2. The van der Waals surface area contributed by atoms with Crippen molar-refractivity contribution in [3.05, 3.63) is 72.3 Å². The molecule has 2 aromatic carbocycles. The Labute approximate surface area is 116 Å². The highest BCUT2D eigenvalue weighted by molar-refractivity contribution is 5.39. The molecule has 3 rings (SSSR count). The number of ether oxygens (including phenoxy) is 1. The first-order valence-electron chi connectivity index (χ1n) is 6.27. The molecule has 0 fully saturated rings. The van der Waals surface area contributed by atoms with Crippen LogP contribution in [0, 0.1) is 12.7 Å². The molecule has 0 saturated carbocycles. The van der Waals surface area contributed by atoms with Gasteiger partial charge in [-0.3, -0.25) is 0 Å². The molecule has 3 aromatic rings. The summed E-state index contributed by atoms with van der Waals surface area (Å²) in [5, 5.41) is 4.34. The monoisotopic (exact) mass is 268 g/mol. The van der Waals surface area contributed by atoms with Crippen molar-refractivity contribution in [2.24, 2.45) is 0 Å². The molecule has 0 spiro atoms. The van der Waals surface area contributed by atoms with E-state index in [1.807, 2.05) is 43.5 Å². The van der Waals surface area contributed by atoms with Crippen LogP contribution in [0.2, 0.25) is 0 Å². The van der Waals surface area contributed by atoms with Gasteiger partial charge in [0.05, 0.1) is 11.4 Å². The van der Waals surface area contributed by atoms with Crippen LogP contribution in [0.4, 0.5) is 4.39 Å². The second kappa shape index (κ2) is 5.17. The van der Waals surface area contributed by atoms with E-state index in [0.717, 1.165) is 11.4 Å². The molecular weight excluding hydrogens is 255 g/mol. The molecule has 20 heavy (non-hydrogen) atoms. The molecular formula is C16H13FN2O. The lowest BCUT2D eigenvalue weighted by Gasteiger charge is -2.07. The number of hydrogen-bond acceptors (Lipinski definition) is 2. The fraction of sp³-hybridized carbons (Fsp3) is 0.0625. The Morgan fingerprint density at radius 3 is 2.05 bits per heavy atom. The number of rotatable bonds is 3. The zero-order valence-electron chi connectivity index (χ0n) is 11.0. The third-order valence-corrected chi connectivity index (χ3v) is 2.87. The van der Waals surface area contributed by atoms with E-state index in [1.54, 1.807) is 16.8 Å². The van der Waals surface area contributed by atoms with E-state index in [1.165, 1.54) is 12.1 Å².